The normalized spacial score (nSPS) is 9.85. The molecule has 0 saturated heterocycles. The Morgan fingerprint density at radius 2 is 2.00 bits per heavy atom. The average molecular weight is 185 g/mol. The minimum absolute atomic E-state index is 0.124. The van der Waals surface area contributed by atoms with Gasteiger partial charge in [0, 0.05) is 18.2 Å². The topological polar surface area (TPSA) is 44.5 Å². The number of ether oxygens (including phenoxy) is 2. The summed E-state index contributed by atoms with van der Waals surface area (Å²) in [6.45, 7) is 0.124. The molecule has 0 heterocycles. The number of benzene rings is 1. The average Bonchev–Trinajstić information content (AvgIpc) is 2.18. The molecule has 0 atom stereocenters. The van der Waals surface area contributed by atoms with Crippen LogP contribution in [0.15, 0.2) is 12.1 Å². The van der Waals surface area contributed by atoms with Gasteiger partial charge in [0.15, 0.2) is 11.6 Å². The fourth-order valence-corrected chi connectivity index (χ4v) is 1.04. The summed E-state index contributed by atoms with van der Waals surface area (Å²) in [6, 6.07) is 3.03. The van der Waals surface area contributed by atoms with E-state index in [0.29, 0.717) is 11.3 Å². The van der Waals surface area contributed by atoms with E-state index in [0.717, 1.165) is 0 Å². The second-order valence-electron chi connectivity index (χ2n) is 2.51. The van der Waals surface area contributed by atoms with Crippen molar-refractivity contribution in [2.24, 2.45) is 5.73 Å². The molecule has 1 aromatic carbocycles. The van der Waals surface area contributed by atoms with Crippen LogP contribution in [0.2, 0.25) is 0 Å². The van der Waals surface area contributed by atoms with E-state index in [9.17, 15) is 4.39 Å². The molecule has 0 radical (unpaired) electrons. The molecule has 0 aliphatic carbocycles. The van der Waals surface area contributed by atoms with Gasteiger partial charge in [-0.15, -0.1) is 0 Å². The molecular formula is C9H12FNO2. The van der Waals surface area contributed by atoms with Gasteiger partial charge in [-0.1, -0.05) is 0 Å². The Kier molecular flexibility index (Phi) is 3.08. The minimum atomic E-state index is -0.425. The van der Waals surface area contributed by atoms with Gasteiger partial charge in [-0.05, 0) is 6.07 Å². The van der Waals surface area contributed by atoms with E-state index in [1.807, 2.05) is 0 Å². The van der Waals surface area contributed by atoms with Crippen LogP contribution >= 0.6 is 0 Å². The van der Waals surface area contributed by atoms with Crippen LogP contribution in [-0.4, -0.2) is 14.2 Å². The van der Waals surface area contributed by atoms with Crippen molar-refractivity contribution in [3.8, 4) is 11.5 Å². The van der Waals surface area contributed by atoms with Crippen molar-refractivity contribution in [3.05, 3.63) is 23.5 Å². The summed E-state index contributed by atoms with van der Waals surface area (Å²) in [6.07, 6.45) is 0. The molecule has 2 N–H and O–H groups in total. The van der Waals surface area contributed by atoms with Gasteiger partial charge in [-0.25, -0.2) is 4.39 Å². The number of hydrogen-bond donors (Lipinski definition) is 1. The first-order valence-electron chi connectivity index (χ1n) is 3.83. The number of methoxy groups -OCH3 is 2. The molecule has 1 rings (SSSR count). The lowest BCUT2D eigenvalue weighted by Crippen LogP contribution is -2.02. The molecule has 0 fully saturated rings. The second kappa shape index (κ2) is 4.09. The molecule has 13 heavy (non-hydrogen) atoms. The van der Waals surface area contributed by atoms with E-state index in [1.54, 1.807) is 6.07 Å². The van der Waals surface area contributed by atoms with Crippen molar-refractivity contribution >= 4 is 0 Å². The summed E-state index contributed by atoms with van der Waals surface area (Å²) in [7, 11) is 2.91. The SMILES string of the molecule is COc1cc(CN)c(F)c(OC)c1. The van der Waals surface area contributed by atoms with Gasteiger partial charge in [0.05, 0.1) is 14.2 Å². The van der Waals surface area contributed by atoms with Crippen molar-refractivity contribution in [3.63, 3.8) is 0 Å². The van der Waals surface area contributed by atoms with E-state index < -0.39 is 5.82 Å². The zero-order valence-corrected chi connectivity index (χ0v) is 7.63. The smallest absolute Gasteiger partial charge is 0.169 e. The summed E-state index contributed by atoms with van der Waals surface area (Å²) in [5, 5.41) is 0. The van der Waals surface area contributed by atoms with Crippen LogP contribution in [0, 0.1) is 5.82 Å². The Balaban J connectivity index is 3.20. The van der Waals surface area contributed by atoms with Gasteiger partial charge in [-0.2, -0.15) is 0 Å². The summed E-state index contributed by atoms with van der Waals surface area (Å²) in [5.41, 5.74) is 5.73. The van der Waals surface area contributed by atoms with Gasteiger partial charge in [0.1, 0.15) is 5.75 Å². The lowest BCUT2D eigenvalue weighted by Gasteiger charge is -2.08. The standard InChI is InChI=1S/C9H12FNO2/c1-12-7-3-6(5-11)9(10)8(4-7)13-2/h3-4H,5,11H2,1-2H3. The predicted octanol–water partition coefficient (Wildman–Crippen LogP) is 1.30. The van der Waals surface area contributed by atoms with Crippen molar-refractivity contribution < 1.29 is 13.9 Å². The number of rotatable bonds is 3. The fourth-order valence-electron chi connectivity index (χ4n) is 1.04. The molecule has 4 heteroatoms. The first-order valence-corrected chi connectivity index (χ1v) is 3.83. The van der Waals surface area contributed by atoms with Gasteiger partial charge in [-0.3, -0.25) is 0 Å². The summed E-state index contributed by atoms with van der Waals surface area (Å²) < 4.78 is 23.1. The number of halogens is 1. The van der Waals surface area contributed by atoms with Gasteiger partial charge in [0.2, 0.25) is 0 Å². The van der Waals surface area contributed by atoms with Gasteiger partial charge < -0.3 is 15.2 Å². The monoisotopic (exact) mass is 185 g/mol. The molecule has 72 valence electrons. The Bertz CT molecular complexity index is 277. The van der Waals surface area contributed by atoms with E-state index in [1.165, 1.54) is 20.3 Å². The van der Waals surface area contributed by atoms with Crippen molar-refractivity contribution in [2.45, 2.75) is 6.54 Å². The molecule has 0 bridgehead atoms. The van der Waals surface area contributed by atoms with Crippen LogP contribution in [0.1, 0.15) is 5.56 Å². The minimum Gasteiger partial charge on any atom is -0.497 e. The highest BCUT2D eigenvalue weighted by Crippen LogP contribution is 2.26. The van der Waals surface area contributed by atoms with Gasteiger partial charge in [0.25, 0.3) is 0 Å². The zero-order valence-electron chi connectivity index (χ0n) is 7.63. The maximum atomic E-state index is 13.3. The molecule has 0 aliphatic rings. The maximum Gasteiger partial charge on any atom is 0.169 e. The molecule has 0 spiro atoms. The molecule has 1 aromatic rings. The Morgan fingerprint density at radius 3 is 2.46 bits per heavy atom. The summed E-state index contributed by atoms with van der Waals surface area (Å²) in [4.78, 5) is 0. The molecule has 0 amide bonds. The van der Waals surface area contributed by atoms with Crippen LogP contribution in [0.4, 0.5) is 4.39 Å². The van der Waals surface area contributed by atoms with Crippen LogP contribution < -0.4 is 15.2 Å². The first kappa shape index (κ1) is 9.80. The third-order valence-corrected chi connectivity index (χ3v) is 1.76. The lowest BCUT2D eigenvalue weighted by molar-refractivity contribution is 0.371. The van der Waals surface area contributed by atoms with Crippen LogP contribution in [0.5, 0.6) is 11.5 Å². The van der Waals surface area contributed by atoms with Crippen LogP contribution in [0.25, 0.3) is 0 Å². The first-order chi connectivity index (χ1) is 6.22. The molecule has 0 unspecified atom stereocenters. The predicted molar refractivity (Wildman–Crippen MR) is 47.4 cm³/mol. The third-order valence-electron chi connectivity index (χ3n) is 1.76. The highest BCUT2D eigenvalue weighted by Gasteiger charge is 2.10. The van der Waals surface area contributed by atoms with E-state index in [2.05, 4.69) is 0 Å². The lowest BCUT2D eigenvalue weighted by atomic mass is 10.2. The fraction of sp³-hybridized carbons (Fsp3) is 0.333. The van der Waals surface area contributed by atoms with Crippen molar-refractivity contribution in [2.75, 3.05) is 14.2 Å². The maximum absolute atomic E-state index is 13.3. The van der Waals surface area contributed by atoms with E-state index in [-0.39, 0.29) is 12.3 Å². The number of hydrogen-bond acceptors (Lipinski definition) is 3. The van der Waals surface area contributed by atoms with E-state index in [4.69, 9.17) is 15.2 Å². The molecular weight excluding hydrogens is 173 g/mol. The third kappa shape index (κ3) is 1.89. The van der Waals surface area contributed by atoms with Gasteiger partial charge >= 0.3 is 0 Å². The Labute approximate surface area is 76.3 Å². The molecule has 3 nitrogen and oxygen atoms in total. The highest BCUT2D eigenvalue weighted by molar-refractivity contribution is 5.39. The summed E-state index contributed by atoms with van der Waals surface area (Å²) >= 11 is 0. The Morgan fingerprint density at radius 1 is 1.31 bits per heavy atom. The molecule has 0 saturated carbocycles. The number of nitrogens with two attached hydrogens (primary N) is 1. The highest BCUT2D eigenvalue weighted by atomic mass is 19.1. The van der Waals surface area contributed by atoms with E-state index >= 15 is 0 Å². The van der Waals surface area contributed by atoms with Crippen molar-refractivity contribution in [1.29, 1.82) is 0 Å². The molecule has 0 aliphatic heterocycles. The Hall–Kier alpha value is -1.29. The van der Waals surface area contributed by atoms with Crippen LogP contribution in [0.3, 0.4) is 0 Å². The largest absolute Gasteiger partial charge is 0.497 e. The quantitative estimate of drug-likeness (QED) is 0.772. The zero-order chi connectivity index (χ0) is 9.84. The second-order valence-corrected chi connectivity index (χ2v) is 2.51. The summed E-state index contributed by atoms with van der Waals surface area (Å²) in [5.74, 6) is 0.268. The van der Waals surface area contributed by atoms with Crippen LogP contribution in [-0.2, 0) is 6.54 Å². The van der Waals surface area contributed by atoms with Crippen molar-refractivity contribution in [1.82, 2.24) is 0 Å². The molecule has 0 aromatic heterocycles.